The third kappa shape index (κ3) is 2.17. The smallest absolute Gasteiger partial charge is 0.269 e. The van der Waals surface area contributed by atoms with E-state index in [4.69, 9.17) is 0 Å². The molecule has 0 N–H and O–H groups in total. The number of non-ortho nitro benzene ring substituents is 1. The highest BCUT2D eigenvalue weighted by Gasteiger charge is 2.75. The lowest BCUT2D eigenvalue weighted by atomic mass is 9.91. The number of nitro benzene ring substituents is 1. The predicted octanol–water partition coefficient (Wildman–Crippen LogP) is 2.67. The topological polar surface area (TPSA) is 80.5 Å². The molecule has 0 bridgehead atoms. The first-order chi connectivity index (χ1) is 11.9. The zero-order chi connectivity index (χ0) is 17.8. The maximum Gasteiger partial charge on any atom is 0.269 e. The molecule has 2 atom stereocenters. The molecule has 4 rings (SSSR count). The number of carbonyl (C=O) groups excluding carboxylic acids is 2. The van der Waals surface area contributed by atoms with Crippen molar-refractivity contribution in [3.05, 3.63) is 75.8 Å². The summed E-state index contributed by atoms with van der Waals surface area (Å²) >= 11 is 0. The van der Waals surface area contributed by atoms with E-state index in [1.54, 1.807) is 12.1 Å². The van der Waals surface area contributed by atoms with Gasteiger partial charge >= 0.3 is 0 Å². The minimum atomic E-state index is -0.645. The van der Waals surface area contributed by atoms with Crippen LogP contribution in [0.3, 0.4) is 0 Å². The van der Waals surface area contributed by atoms with Gasteiger partial charge in [0.05, 0.1) is 23.3 Å². The van der Waals surface area contributed by atoms with Crippen LogP contribution in [0.15, 0.2) is 54.6 Å². The fourth-order valence-electron chi connectivity index (χ4n) is 3.99. The van der Waals surface area contributed by atoms with Crippen molar-refractivity contribution in [2.75, 3.05) is 0 Å². The molecule has 2 unspecified atom stereocenters. The Morgan fingerprint density at radius 3 is 2.28 bits per heavy atom. The van der Waals surface area contributed by atoms with E-state index < -0.39 is 22.2 Å². The van der Waals surface area contributed by atoms with Crippen molar-refractivity contribution in [3.63, 3.8) is 0 Å². The Kier molecular flexibility index (Phi) is 3.25. The number of nitrogens with zero attached hydrogens (tertiary/aromatic N) is 2. The molecule has 1 heterocycles. The SMILES string of the molecule is CC1(c2cccc([N+](=O)[O-])c2)C2C(=O)N(Cc3ccccc3)C(=O)C21. The minimum absolute atomic E-state index is 0.0234. The van der Waals surface area contributed by atoms with Gasteiger partial charge in [-0.05, 0) is 11.1 Å². The predicted molar refractivity (Wildman–Crippen MR) is 89.4 cm³/mol. The second kappa shape index (κ2) is 5.24. The zero-order valence-electron chi connectivity index (χ0n) is 13.6. The Morgan fingerprint density at radius 2 is 1.68 bits per heavy atom. The number of hydrogen-bond acceptors (Lipinski definition) is 4. The highest BCUT2D eigenvalue weighted by atomic mass is 16.6. The van der Waals surface area contributed by atoms with Gasteiger partial charge in [0.25, 0.3) is 5.69 Å². The lowest BCUT2D eigenvalue weighted by Gasteiger charge is -2.23. The molecule has 6 heteroatoms. The first-order valence-electron chi connectivity index (χ1n) is 8.08. The number of hydrogen-bond donors (Lipinski definition) is 0. The van der Waals surface area contributed by atoms with Gasteiger partial charge in [-0.1, -0.05) is 49.4 Å². The standard InChI is InChI=1S/C19H16N2O4/c1-19(13-8-5-9-14(10-13)21(24)25)15-16(19)18(23)20(17(15)22)11-12-6-3-2-4-7-12/h2-10,15-16H,11H2,1H3. The number of nitro groups is 1. The second-order valence-electron chi connectivity index (χ2n) is 6.79. The van der Waals surface area contributed by atoms with Gasteiger partial charge in [-0.25, -0.2) is 0 Å². The molecule has 6 nitrogen and oxygen atoms in total. The van der Waals surface area contributed by atoms with Crippen molar-refractivity contribution >= 4 is 17.5 Å². The number of imide groups is 1. The second-order valence-corrected chi connectivity index (χ2v) is 6.79. The third-order valence-corrected chi connectivity index (χ3v) is 5.44. The highest BCUT2D eigenvalue weighted by Crippen LogP contribution is 2.64. The fourth-order valence-corrected chi connectivity index (χ4v) is 3.99. The van der Waals surface area contributed by atoms with Crippen molar-refractivity contribution in [1.29, 1.82) is 0 Å². The van der Waals surface area contributed by atoms with Crippen LogP contribution in [0.4, 0.5) is 5.69 Å². The summed E-state index contributed by atoms with van der Waals surface area (Å²) in [6, 6.07) is 15.6. The van der Waals surface area contributed by atoms with E-state index in [-0.39, 0.29) is 24.0 Å². The normalized spacial score (nSPS) is 27.3. The van der Waals surface area contributed by atoms with Crippen LogP contribution in [0.25, 0.3) is 0 Å². The van der Waals surface area contributed by atoms with Crippen LogP contribution >= 0.6 is 0 Å². The molecule has 2 fully saturated rings. The maximum atomic E-state index is 12.7. The lowest BCUT2D eigenvalue weighted by Crippen LogP contribution is -2.37. The average Bonchev–Trinajstić information content (AvgIpc) is 3.18. The Labute approximate surface area is 144 Å². The van der Waals surface area contributed by atoms with E-state index in [0.717, 1.165) is 5.56 Å². The van der Waals surface area contributed by atoms with Crippen molar-refractivity contribution < 1.29 is 14.5 Å². The van der Waals surface area contributed by atoms with Gasteiger partial charge in [0.15, 0.2) is 0 Å². The Hall–Kier alpha value is -3.02. The first-order valence-corrected chi connectivity index (χ1v) is 8.08. The number of likely N-dealkylation sites (tertiary alicyclic amines) is 1. The maximum absolute atomic E-state index is 12.7. The number of amides is 2. The molecule has 1 aliphatic carbocycles. The van der Waals surface area contributed by atoms with Gasteiger partial charge in [-0.3, -0.25) is 24.6 Å². The minimum Gasteiger partial charge on any atom is -0.278 e. The Morgan fingerprint density at radius 1 is 1.04 bits per heavy atom. The van der Waals surface area contributed by atoms with Crippen molar-refractivity contribution in [1.82, 2.24) is 4.90 Å². The van der Waals surface area contributed by atoms with Crippen LogP contribution in [0.1, 0.15) is 18.1 Å². The van der Waals surface area contributed by atoms with Gasteiger partial charge < -0.3 is 0 Å². The molecule has 25 heavy (non-hydrogen) atoms. The molecule has 2 amide bonds. The average molecular weight is 336 g/mol. The molecular weight excluding hydrogens is 320 g/mol. The summed E-state index contributed by atoms with van der Waals surface area (Å²) < 4.78 is 0. The lowest BCUT2D eigenvalue weighted by molar-refractivity contribution is -0.384. The van der Waals surface area contributed by atoms with E-state index in [9.17, 15) is 19.7 Å². The zero-order valence-corrected chi connectivity index (χ0v) is 13.6. The molecule has 1 aliphatic heterocycles. The van der Waals surface area contributed by atoms with E-state index in [1.807, 2.05) is 37.3 Å². The fraction of sp³-hybridized carbons (Fsp3) is 0.263. The number of fused-ring (bicyclic) bond motifs is 1. The van der Waals surface area contributed by atoms with Gasteiger partial charge in [0.2, 0.25) is 11.8 Å². The molecule has 2 aromatic rings. The molecular formula is C19H16N2O4. The Bertz CT molecular complexity index is 871. The largest absolute Gasteiger partial charge is 0.278 e. The van der Waals surface area contributed by atoms with Crippen molar-refractivity contribution in [2.45, 2.75) is 18.9 Å². The van der Waals surface area contributed by atoms with Crippen LogP contribution in [-0.2, 0) is 21.5 Å². The van der Waals surface area contributed by atoms with Crippen molar-refractivity contribution in [3.8, 4) is 0 Å². The summed E-state index contributed by atoms with van der Waals surface area (Å²) in [7, 11) is 0. The van der Waals surface area contributed by atoms with Crippen LogP contribution in [0.5, 0.6) is 0 Å². The molecule has 0 aromatic heterocycles. The molecule has 0 spiro atoms. The van der Waals surface area contributed by atoms with Crippen LogP contribution in [0, 0.1) is 22.0 Å². The van der Waals surface area contributed by atoms with E-state index in [0.29, 0.717) is 5.56 Å². The van der Waals surface area contributed by atoms with E-state index >= 15 is 0 Å². The summed E-state index contributed by atoms with van der Waals surface area (Å²) in [6.45, 7) is 2.12. The van der Waals surface area contributed by atoms with Crippen LogP contribution < -0.4 is 0 Å². The van der Waals surface area contributed by atoms with Gasteiger partial charge in [-0.2, -0.15) is 0 Å². The number of carbonyl (C=O) groups is 2. The van der Waals surface area contributed by atoms with Crippen LogP contribution in [0.2, 0.25) is 0 Å². The van der Waals surface area contributed by atoms with Gasteiger partial charge in [-0.15, -0.1) is 0 Å². The third-order valence-electron chi connectivity index (χ3n) is 5.44. The van der Waals surface area contributed by atoms with Crippen LogP contribution in [-0.4, -0.2) is 21.6 Å². The number of piperidine rings is 1. The molecule has 1 saturated heterocycles. The quantitative estimate of drug-likeness (QED) is 0.488. The number of benzene rings is 2. The summed E-state index contributed by atoms with van der Waals surface area (Å²) in [5, 5.41) is 11.0. The van der Waals surface area contributed by atoms with Crippen molar-refractivity contribution in [2.24, 2.45) is 11.8 Å². The molecule has 2 aliphatic rings. The molecule has 126 valence electrons. The first kappa shape index (κ1) is 15.5. The van der Waals surface area contributed by atoms with Gasteiger partial charge in [0.1, 0.15) is 0 Å². The van der Waals surface area contributed by atoms with E-state index in [1.165, 1.54) is 17.0 Å². The Balaban J connectivity index is 1.60. The summed E-state index contributed by atoms with van der Waals surface area (Å²) in [5.41, 5.74) is 0.915. The molecule has 1 saturated carbocycles. The van der Waals surface area contributed by atoms with E-state index in [2.05, 4.69) is 0 Å². The number of rotatable bonds is 4. The molecule has 2 aromatic carbocycles. The summed E-state index contributed by atoms with van der Waals surface area (Å²) in [5.74, 6) is -1.22. The van der Waals surface area contributed by atoms with Gasteiger partial charge in [0, 0.05) is 17.5 Å². The highest BCUT2D eigenvalue weighted by molar-refractivity contribution is 6.11. The summed E-state index contributed by atoms with van der Waals surface area (Å²) in [6.07, 6.45) is 0. The monoisotopic (exact) mass is 336 g/mol. The molecule has 0 radical (unpaired) electrons. The summed E-state index contributed by atoms with van der Waals surface area (Å²) in [4.78, 5) is 37.3.